The fourth-order valence-corrected chi connectivity index (χ4v) is 2.46. The van der Waals surface area contributed by atoms with Gasteiger partial charge in [-0.15, -0.1) is 0 Å². The minimum absolute atomic E-state index is 0.0634. The zero-order valence-corrected chi connectivity index (χ0v) is 11.0. The van der Waals surface area contributed by atoms with Gasteiger partial charge in [0, 0.05) is 12.8 Å². The molecule has 21 heavy (non-hydrogen) atoms. The van der Waals surface area contributed by atoms with E-state index < -0.39 is 0 Å². The molecule has 3 aromatic rings. The van der Waals surface area contributed by atoms with E-state index in [-0.39, 0.29) is 11.7 Å². The average Bonchev–Trinajstić information content (AvgIpc) is 3.19. The van der Waals surface area contributed by atoms with E-state index in [0.717, 1.165) is 12.8 Å². The Hall–Kier alpha value is -2.77. The molecule has 0 unspecified atom stereocenters. The average molecular weight is 285 g/mol. The number of nitrogens with zero attached hydrogens (tertiary/aromatic N) is 5. The molecule has 0 aromatic carbocycles. The highest BCUT2D eigenvalue weighted by atomic mass is 16.5. The van der Waals surface area contributed by atoms with Crippen molar-refractivity contribution in [2.24, 2.45) is 0 Å². The highest BCUT2D eigenvalue weighted by molar-refractivity contribution is 6.03. The molecule has 0 spiro atoms. The minimum atomic E-state index is 0.0634. The maximum absolute atomic E-state index is 12.0. The molecule has 0 saturated carbocycles. The summed E-state index contributed by atoms with van der Waals surface area (Å²) in [5.41, 5.74) is 1.15. The van der Waals surface area contributed by atoms with Crippen molar-refractivity contribution in [2.45, 2.75) is 25.8 Å². The van der Waals surface area contributed by atoms with Crippen molar-refractivity contribution in [3.8, 4) is 11.5 Å². The topological polar surface area (TPSA) is 99.8 Å². The summed E-state index contributed by atoms with van der Waals surface area (Å²) < 4.78 is 10.7. The number of carbonyl (C=O) groups is 1. The number of rotatable bonds is 3. The van der Waals surface area contributed by atoms with Crippen molar-refractivity contribution in [1.29, 1.82) is 0 Å². The van der Waals surface area contributed by atoms with E-state index in [4.69, 9.17) is 8.94 Å². The second-order valence-corrected chi connectivity index (χ2v) is 4.80. The number of carbonyl (C=O) groups excluding carboxylic acids is 1. The molecule has 106 valence electrons. The lowest BCUT2D eigenvalue weighted by molar-refractivity contribution is 0.0969. The molecule has 8 heteroatoms. The number of hydrogen-bond acceptors (Lipinski definition) is 7. The van der Waals surface area contributed by atoms with Crippen LogP contribution in [0.15, 0.2) is 27.6 Å². The minimum Gasteiger partial charge on any atom is -0.468 e. The van der Waals surface area contributed by atoms with E-state index in [9.17, 15) is 4.79 Å². The molecular weight excluding hydrogens is 274 g/mol. The first kappa shape index (κ1) is 12.0. The maximum Gasteiger partial charge on any atom is 0.262 e. The molecule has 0 aliphatic heterocycles. The van der Waals surface area contributed by atoms with Crippen molar-refractivity contribution >= 4 is 5.78 Å². The van der Waals surface area contributed by atoms with Gasteiger partial charge < -0.3 is 8.94 Å². The summed E-state index contributed by atoms with van der Waals surface area (Å²) >= 11 is 0. The van der Waals surface area contributed by atoms with E-state index in [0.29, 0.717) is 35.7 Å². The third-order valence-electron chi connectivity index (χ3n) is 3.40. The third kappa shape index (κ3) is 2.04. The van der Waals surface area contributed by atoms with Crippen LogP contribution in [0.25, 0.3) is 11.5 Å². The van der Waals surface area contributed by atoms with Crippen LogP contribution in [-0.4, -0.2) is 30.9 Å². The van der Waals surface area contributed by atoms with E-state index in [2.05, 4.69) is 20.3 Å². The summed E-state index contributed by atoms with van der Waals surface area (Å²) in [6.45, 7) is 0.310. The van der Waals surface area contributed by atoms with E-state index in [1.54, 1.807) is 12.4 Å². The first-order valence-electron chi connectivity index (χ1n) is 6.62. The molecule has 0 bridgehead atoms. The maximum atomic E-state index is 12.0. The highest BCUT2D eigenvalue weighted by Crippen LogP contribution is 2.32. The van der Waals surface area contributed by atoms with Gasteiger partial charge in [-0.25, -0.2) is 0 Å². The largest absolute Gasteiger partial charge is 0.468 e. The molecule has 0 N–H and O–H groups in total. The molecule has 1 aliphatic rings. The third-order valence-corrected chi connectivity index (χ3v) is 3.40. The lowest BCUT2D eigenvalue weighted by Gasteiger charge is -2.08. The van der Waals surface area contributed by atoms with Gasteiger partial charge in [0.1, 0.15) is 18.6 Å². The Morgan fingerprint density at radius 3 is 2.95 bits per heavy atom. The number of aromatic nitrogens is 5. The Labute approximate surface area is 118 Å². The first-order valence-corrected chi connectivity index (χ1v) is 6.62. The van der Waals surface area contributed by atoms with Crippen molar-refractivity contribution in [2.75, 3.05) is 0 Å². The zero-order chi connectivity index (χ0) is 14.2. The lowest BCUT2D eigenvalue weighted by Crippen LogP contribution is -2.09. The molecule has 1 aliphatic carbocycles. The lowest BCUT2D eigenvalue weighted by atomic mass is 9.94. The number of furan rings is 1. The van der Waals surface area contributed by atoms with E-state index >= 15 is 0 Å². The monoisotopic (exact) mass is 285 g/mol. The normalized spacial score (nSPS) is 14.4. The number of ketones is 1. The molecule has 0 atom stereocenters. The van der Waals surface area contributed by atoms with Crippen LogP contribution in [0.1, 0.15) is 34.8 Å². The van der Waals surface area contributed by atoms with Crippen LogP contribution in [0.3, 0.4) is 0 Å². The van der Waals surface area contributed by atoms with Crippen molar-refractivity contribution in [3.05, 3.63) is 35.8 Å². The van der Waals surface area contributed by atoms with Gasteiger partial charge >= 0.3 is 0 Å². The molecule has 4 rings (SSSR count). The van der Waals surface area contributed by atoms with Gasteiger partial charge in [0.25, 0.3) is 5.89 Å². The zero-order valence-electron chi connectivity index (χ0n) is 11.0. The fourth-order valence-electron chi connectivity index (χ4n) is 2.46. The summed E-state index contributed by atoms with van der Waals surface area (Å²) in [5.74, 6) is 1.50. The molecule has 0 saturated heterocycles. The fraction of sp³-hybridized carbons (Fsp3) is 0.308. The van der Waals surface area contributed by atoms with Gasteiger partial charge in [0.15, 0.2) is 11.6 Å². The smallest absolute Gasteiger partial charge is 0.262 e. The van der Waals surface area contributed by atoms with Crippen molar-refractivity contribution < 1.29 is 13.7 Å². The van der Waals surface area contributed by atoms with E-state index in [1.165, 1.54) is 11.1 Å². The predicted octanol–water partition coefficient (Wildman–Crippen LogP) is 1.49. The Morgan fingerprint density at radius 2 is 2.10 bits per heavy atom. The second-order valence-electron chi connectivity index (χ2n) is 4.80. The van der Waals surface area contributed by atoms with Gasteiger partial charge in [0.2, 0.25) is 0 Å². The van der Waals surface area contributed by atoms with Crippen LogP contribution in [0.4, 0.5) is 0 Å². The van der Waals surface area contributed by atoms with Crippen molar-refractivity contribution in [1.82, 2.24) is 25.1 Å². The van der Waals surface area contributed by atoms with Crippen LogP contribution in [0, 0.1) is 0 Å². The van der Waals surface area contributed by atoms with Crippen LogP contribution < -0.4 is 0 Å². The summed E-state index contributed by atoms with van der Waals surface area (Å²) in [4.78, 5) is 17.8. The molecule has 0 fully saturated rings. The Morgan fingerprint density at radius 1 is 1.24 bits per heavy atom. The molecule has 0 amide bonds. The van der Waals surface area contributed by atoms with Gasteiger partial charge in [0.05, 0.1) is 23.5 Å². The quantitative estimate of drug-likeness (QED) is 0.718. The van der Waals surface area contributed by atoms with E-state index in [1.807, 2.05) is 0 Å². The Kier molecular flexibility index (Phi) is 2.66. The van der Waals surface area contributed by atoms with Crippen LogP contribution in [0.5, 0.6) is 0 Å². The number of aryl methyl sites for hydroxylation is 1. The summed E-state index contributed by atoms with van der Waals surface area (Å²) in [7, 11) is 0. The van der Waals surface area contributed by atoms with Crippen LogP contribution in [-0.2, 0) is 13.0 Å². The van der Waals surface area contributed by atoms with Crippen molar-refractivity contribution in [3.63, 3.8) is 0 Å². The van der Waals surface area contributed by atoms with Gasteiger partial charge in [-0.05, 0) is 6.42 Å². The van der Waals surface area contributed by atoms with Gasteiger partial charge in [-0.2, -0.15) is 20.0 Å². The van der Waals surface area contributed by atoms with Crippen LogP contribution in [0.2, 0.25) is 0 Å². The summed E-state index contributed by atoms with van der Waals surface area (Å²) in [6.07, 6.45) is 6.77. The van der Waals surface area contributed by atoms with Crippen LogP contribution >= 0.6 is 0 Å². The second kappa shape index (κ2) is 4.65. The predicted molar refractivity (Wildman–Crippen MR) is 68.4 cm³/mol. The highest BCUT2D eigenvalue weighted by Gasteiger charge is 2.27. The first-order chi connectivity index (χ1) is 10.3. The molecule has 3 aromatic heterocycles. The van der Waals surface area contributed by atoms with Gasteiger partial charge in [-0.3, -0.25) is 4.79 Å². The number of hydrogen-bond donors (Lipinski definition) is 0. The molecule has 3 heterocycles. The SMILES string of the molecule is O=C1CCCc2occ(-c3nc(Cn4nccn4)no3)c21. The number of fused-ring (bicyclic) bond motifs is 1. The Balaban J connectivity index is 1.67. The van der Waals surface area contributed by atoms with Gasteiger partial charge in [-0.1, -0.05) is 5.16 Å². The molecule has 0 radical (unpaired) electrons. The standard InChI is InChI=1S/C13H11N5O3/c19-9-2-1-3-10-12(9)8(7-20-10)13-16-11(17-21-13)6-18-14-4-5-15-18/h4-5,7H,1-3,6H2. The molecular formula is C13H11N5O3. The molecule has 8 nitrogen and oxygen atoms in total. The Bertz CT molecular complexity index is 787. The summed E-state index contributed by atoms with van der Waals surface area (Å²) in [5, 5.41) is 11.8. The number of Topliss-reactive ketones (excluding diaryl/α,β-unsaturated/α-hetero) is 1. The summed E-state index contributed by atoms with van der Waals surface area (Å²) in [6, 6.07) is 0.